The van der Waals surface area contributed by atoms with Crippen LogP contribution in [0.4, 0.5) is 5.69 Å². The fourth-order valence-corrected chi connectivity index (χ4v) is 3.98. The Morgan fingerprint density at radius 3 is 2.29 bits per heavy atom. The molecule has 2 bridgehead atoms. The van der Waals surface area contributed by atoms with Crippen molar-refractivity contribution in [3.63, 3.8) is 0 Å². The van der Waals surface area contributed by atoms with Gasteiger partial charge in [0, 0.05) is 30.9 Å². The average Bonchev–Trinajstić information content (AvgIpc) is 2.68. The third-order valence-corrected chi connectivity index (χ3v) is 5.31. The van der Waals surface area contributed by atoms with Gasteiger partial charge in [-0.3, -0.25) is 9.88 Å². The normalized spacial score (nSPS) is 30.0. The van der Waals surface area contributed by atoms with E-state index < -0.39 is 0 Å². The largest absolute Gasteiger partial charge is 0.378 e. The van der Waals surface area contributed by atoms with Crippen LogP contribution in [0.2, 0.25) is 0 Å². The third kappa shape index (κ3) is 2.34. The summed E-state index contributed by atoms with van der Waals surface area (Å²) in [6, 6.07) is 6.48. The summed E-state index contributed by atoms with van der Waals surface area (Å²) in [5, 5.41) is 0. The summed E-state index contributed by atoms with van der Waals surface area (Å²) in [4.78, 5) is 9.94. The lowest BCUT2D eigenvalue weighted by atomic mass is 10.1. The van der Waals surface area contributed by atoms with E-state index in [1.807, 2.05) is 0 Å². The number of aromatic nitrogens is 1. The number of fused-ring (bicyclic) bond motifs is 2. The number of hydrogen-bond acceptors (Lipinski definition) is 4. The maximum Gasteiger partial charge on any atom is 0.0645 e. The first kappa shape index (κ1) is 13.5. The molecular formula is C17H25N3O. The lowest BCUT2D eigenvalue weighted by Crippen LogP contribution is -2.60. The van der Waals surface area contributed by atoms with Gasteiger partial charge in [-0.1, -0.05) is 13.8 Å². The Kier molecular flexibility index (Phi) is 3.38. The van der Waals surface area contributed by atoms with Crippen LogP contribution in [0.5, 0.6) is 0 Å². The van der Waals surface area contributed by atoms with E-state index in [1.165, 1.54) is 37.3 Å². The van der Waals surface area contributed by atoms with Gasteiger partial charge in [-0.25, -0.2) is 0 Å². The molecule has 4 heteroatoms. The van der Waals surface area contributed by atoms with Gasteiger partial charge >= 0.3 is 0 Å². The number of hydrogen-bond donors (Lipinski definition) is 0. The molecule has 0 spiro atoms. The molecule has 0 amide bonds. The molecule has 114 valence electrons. The standard InChI is InChI=1S/C17H25N3O/c1-12(2)17-6-5-13(7-18-17)20-14-3-4-15(20)9-19(8-14)16-10-21-11-16/h5-7,12,14-16H,3-4,8-11H2,1-2H3. The lowest BCUT2D eigenvalue weighted by Gasteiger charge is -2.47. The van der Waals surface area contributed by atoms with E-state index in [4.69, 9.17) is 4.74 Å². The molecular weight excluding hydrogens is 262 g/mol. The van der Waals surface area contributed by atoms with Gasteiger partial charge in [0.05, 0.1) is 31.1 Å². The van der Waals surface area contributed by atoms with Gasteiger partial charge < -0.3 is 9.64 Å². The molecule has 0 radical (unpaired) electrons. The molecule has 3 aliphatic rings. The minimum atomic E-state index is 0.506. The van der Waals surface area contributed by atoms with Gasteiger partial charge in [-0.2, -0.15) is 0 Å². The Labute approximate surface area is 127 Å². The van der Waals surface area contributed by atoms with Crippen LogP contribution in [0.3, 0.4) is 0 Å². The molecule has 3 fully saturated rings. The topological polar surface area (TPSA) is 28.6 Å². The Hall–Kier alpha value is -1.13. The van der Waals surface area contributed by atoms with Crippen LogP contribution < -0.4 is 4.90 Å². The zero-order chi connectivity index (χ0) is 14.4. The molecule has 2 unspecified atom stereocenters. The fourth-order valence-electron chi connectivity index (χ4n) is 3.98. The van der Waals surface area contributed by atoms with Crippen molar-refractivity contribution in [2.75, 3.05) is 31.2 Å². The highest BCUT2D eigenvalue weighted by molar-refractivity contribution is 5.49. The number of anilines is 1. The molecule has 21 heavy (non-hydrogen) atoms. The zero-order valence-electron chi connectivity index (χ0n) is 13.0. The van der Waals surface area contributed by atoms with Crippen LogP contribution in [-0.2, 0) is 4.74 Å². The highest BCUT2D eigenvalue weighted by Gasteiger charge is 2.43. The predicted octanol–water partition coefficient (Wildman–Crippen LogP) is 2.26. The van der Waals surface area contributed by atoms with Crippen molar-refractivity contribution in [1.82, 2.24) is 9.88 Å². The van der Waals surface area contributed by atoms with Crippen molar-refractivity contribution >= 4 is 5.69 Å². The van der Waals surface area contributed by atoms with Crippen LogP contribution >= 0.6 is 0 Å². The van der Waals surface area contributed by atoms with Crippen molar-refractivity contribution < 1.29 is 4.74 Å². The summed E-state index contributed by atoms with van der Waals surface area (Å²) in [7, 11) is 0. The van der Waals surface area contributed by atoms with E-state index >= 15 is 0 Å². The van der Waals surface area contributed by atoms with Gasteiger partial charge in [0.1, 0.15) is 0 Å². The first-order chi connectivity index (χ1) is 10.2. The molecule has 3 saturated heterocycles. The van der Waals surface area contributed by atoms with Crippen LogP contribution in [-0.4, -0.2) is 54.3 Å². The molecule has 2 atom stereocenters. The molecule has 3 aliphatic heterocycles. The second kappa shape index (κ2) is 5.25. The minimum absolute atomic E-state index is 0.506. The highest BCUT2D eigenvalue weighted by Crippen LogP contribution is 2.36. The number of likely N-dealkylation sites (tertiary alicyclic amines) is 1. The summed E-state index contributed by atoms with van der Waals surface area (Å²) in [5.41, 5.74) is 2.51. The average molecular weight is 287 g/mol. The quantitative estimate of drug-likeness (QED) is 0.852. The predicted molar refractivity (Wildman–Crippen MR) is 83.8 cm³/mol. The summed E-state index contributed by atoms with van der Waals surface area (Å²) >= 11 is 0. The van der Waals surface area contributed by atoms with E-state index in [9.17, 15) is 0 Å². The molecule has 1 aromatic heterocycles. The van der Waals surface area contributed by atoms with E-state index in [2.05, 4.69) is 47.0 Å². The first-order valence-corrected chi connectivity index (χ1v) is 8.28. The number of nitrogens with zero attached hydrogens (tertiary/aromatic N) is 3. The van der Waals surface area contributed by atoms with Gasteiger partial charge in [-0.15, -0.1) is 0 Å². The molecule has 0 N–H and O–H groups in total. The lowest BCUT2D eigenvalue weighted by molar-refractivity contribution is -0.0704. The number of rotatable bonds is 3. The van der Waals surface area contributed by atoms with E-state index in [1.54, 1.807) is 0 Å². The molecule has 0 aromatic carbocycles. The van der Waals surface area contributed by atoms with Crippen LogP contribution in [0.25, 0.3) is 0 Å². The van der Waals surface area contributed by atoms with Crippen molar-refractivity contribution in [2.45, 2.75) is 50.7 Å². The smallest absolute Gasteiger partial charge is 0.0645 e. The van der Waals surface area contributed by atoms with Crippen molar-refractivity contribution in [3.05, 3.63) is 24.0 Å². The Morgan fingerprint density at radius 2 is 1.81 bits per heavy atom. The van der Waals surface area contributed by atoms with Gasteiger partial charge in [0.15, 0.2) is 0 Å². The molecule has 0 saturated carbocycles. The Morgan fingerprint density at radius 1 is 1.10 bits per heavy atom. The number of piperazine rings is 1. The fraction of sp³-hybridized carbons (Fsp3) is 0.706. The Balaban J connectivity index is 1.51. The third-order valence-electron chi connectivity index (χ3n) is 5.31. The van der Waals surface area contributed by atoms with Crippen LogP contribution in [0.1, 0.15) is 38.3 Å². The van der Waals surface area contributed by atoms with Crippen molar-refractivity contribution in [3.8, 4) is 0 Å². The molecule has 1 aromatic rings. The second-order valence-electron chi connectivity index (χ2n) is 7.03. The Bertz CT molecular complexity index is 483. The van der Waals surface area contributed by atoms with E-state index in [0.29, 0.717) is 24.0 Å². The van der Waals surface area contributed by atoms with Gasteiger partial charge in [0.2, 0.25) is 0 Å². The highest BCUT2D eigenvalue weighted by atomic mass is 16.5. The summed E-state index contributed by atoms with van der Waals surface area (Å²) < 4.78 is 5.36. The minimum Gasteiger partial charge on any atom is -0.378 e. The maximum atomic E-state index is 5.36. The maximum absolute atomic E-state index is 5.36. The number of pyridine rings is 1. The van der Waals surface area contributed by atoms with Crippen molar-refractivity contribution in [2.24, 2.45) is 0 Å². The zero-order valence-corrected chi connectivity index (χ0v) is 13.0. The first-order valence-electron chi connectivity index (χ1n) is 8.28. The van der Waals surface area contributed by atoms with Crippen LogP contribution in [0.15, 0.2) is 18.3 Å². The second-order valence-corrected chi connectivity index (χ2v) is 7.03. The summed E-state index contributed by atoms with van der Waals surface area (Å²) in [6.07, 6.45) is 4.73. The molecule has 0 aliphatic carbocycles. The van der Waals surface area contributed by atoms with Crippen LogP contribution in [0, 0.1) is 0 Å². The van der Waals surface area contributed by atoms with Crippen molar-refractivity contribution in [1.29, 1.82) is 0 Å². The molecule has 4 rings (SSSR count). The summed E-state index contributed by atoms with van der Waals surface area (Å²) in [6.45, 7) is 8.65. The van der Waals surface area contributed by atoms with Gasteiger partial charge in [-0.05, 0) is 30.9 Å². The number of ether oxygens (including phenoxy) is 1. The molecule has 4 heterocycles. The van der Waals surface area contributed by atoms with Gasteiger partial charge in [0.25, 0.3) is 0 Å². The SMILES string of the molecule is CC(C)c1ccc(N2C3CCC2CN(C2COC2)C3)cn1. The monoisotopic (exact) mass is 287 g/mol. The van der Waals surface area contributed by atoms with E-state index in [-0.39, 0.29) is 0 Å². The van der Waals surface area contributed by atoms with E-state index in [0.717, 1.165) is 13.2 Å². The summed E-state index contributed by atoms with van der Waals surface area (Å²) in [5.74, 6) is 0.506. The molecule has 4 nitrogen and oxygen atoms in total.